The molecule has 0 saturated heterocycles. The van der Waals surface area contributed by atoms with Crippen molar-refractivity contribution < 1.29 is 0 Å². The predicted octanol–water partition coefficient (Wildman–Crippen LogP) is 40.6. The van der Waals surface area contributed by atoms with Crippen molar-refractivity contribution in [3.05, 3.63) is 107 Å². The van der Waals surface area contributed by atoms with Gasteiger partial charge in [-0.15, -0.1) is 348 Å². The van der Waals surface area contributed by atoms with Gasteiger partial charge in [-0.2, -0.15) is 0 Å². The second-order valence-electron chi connectivity index (χ2n) is 28.9. The molecule has 8 aliphatic heterocycles. The van der Waals surface area contributed by atoms with E-state index in [4.69, 9.17) is 24.4 Å². The van der Waals surface area contributed by atoms with Crippen molar-refractivity contribution in [2.45, 2.75) is 221 Å². The van der Waals surface area contributed by atoms with Crippen LogP contribution >= 0.6 is 418 Å². The fraction of sp³-hybridized carbons (Fsp3) is 0.384. The molecule has 0 nitrogen and oxygen atoms in total. The molecule has 15 aromatic rings. The number of thioether (sulfide) groups is 19. The van der Waals surface area contributed by atoms with E-state index in [0.717, 1.165) is 8.39 Å². The van der Waals surface area contributed by atoms with Crippen LogP contribution in [0.4, 0.5) is 0 Å². The van der Waals surface area contributed by atoms with E-state index in [0.29, 0.717) is 44.1 Å². The molecule has 22 heterocycles. The van der Waals surface area contributed by atoms with Gasteiger partial charge < -0.3 is 0 Å². The third-order valence-electron chi connectivity index (χ3n) is 19.8. The molecule has 1 aromatic carbocycles. The number of benzene rings is 1. The molecule has 14 aromatic heterocycles. The summed E-state index contributed by atoms with van der Waals surface area (Å²) in [4.78, 5) is 59.5. The zero-order chi connectivity index (χ0) is 87.5. The summed E-state index contributed by atoms with van der Waals surface area (Å²) in [5.41, 5.74) is 0. The third kappa shape index (κ3) is 23.1. The molecular formula is C86H84S36Se3. The van der Waals surface area contributed by atoms with E-state index in [1.807, 2.05) is 206 Å². The zero-order valence-electron chi connectivity index (χ0n) is 70.6. The van der Waals surface area contributed by atoms with Gasteiger partial charge in [0.15, 0.2) is 0 Å². The molecule has 0 radical (unpaired) electrons. The fourth-order valence-corrected chi connectivity index (χ4v) is 69.6. The second kappa shape index (κ2) is 46.2. The minimum absolute atomic E-state index is 0.541. The van der Waals surface area contributed by atoms with E-state index in [1.54, 1.807) is 134 Å². The topological polar surface area (TPSA) is 0 Å². The van der Waals surface area contributed by atoms with Crippen molar-refractivity contribution in [3.8, 4) is 39.0 Å². The molecule has 39 heteroatoms. The molecular weight excluding hydrogens is 2420 g/mol. The van der Waals surface area contributed by atoms with Crippen molar-refractivity contribution in [1.82, 2.24) is 0 Å². The molecule has 0 amide bonds. The zero-order valence-corrected chi connectivity index (χ0v) is 105. The molecule has 4 atom stereocenters. The normalized spacial score (nSPS) is 18.1. The molecule has 0 bridgehead atoms. The molecule has 0 fully saturated rings. The Balaban J connectivity index is 0.000000106. The van der Waals surface area contributed by atoms with Crippen LogP contribution in [0, 0.1) is 105 Å². The number of fused-ring (bicyclic) bond motifs is 11. The Hall–Kier alpha value is 5.06. The van der Waals surface area contributed by atoms with E-state index >= 15 is 0 Å². The molecule has 0 N–H and O–H groups in total. The summed E-state index contributed by atoms with van der Waals surface area (Å²) in [6.45, 7) is 38.7. The third-order valence-corrected chi connectivity index (χ3v) is 75.6. The average Bonchev–Trinajstić information content (AvgIpc) is 1.64. The van der Waals surface area contributed by atoms with Crippen LogP contribution in [0.5, 0.6) is 0 Å². The maximum atomic E-state index is 5.26. The van der Waals surface area contributed by atoms with Gasteiger partial charge in [-0.1, -0.05) is 51.2 Å². The molecule has 0 spiro atoms. The Morgan fingerprint density at radius 3 is 1.00 bits per heavy atom. The van der Waals surface area contributed by atoms with Gasteiger partial charge in [0, 0.05) is 214 Å². The summed E-state index contributed by atoms with van der Waals surface area (Å²) in [5, 5.41) is 6.89. The molecule has 0 saturated carbocycles. The summed E-state index contributed by atoms with van der Waals surface area (Å²) < 4.78 is 13.3. The van der Waals surface area contributed by atoms with E-state index in [9.17, 15) is 0 Å². The Labute approximate surface area is 907 Å². The SMILES string of the molecule is Cc1sc(-c2sc(C)c3c2SC(C)C(C)S3)c2c1SCCS2.Cc1sc(-c2sc(C)c3c2SC(C)CS3)c2c1SCCS2.Cc1sc(-c2sc(C)c3c2SCC(Sc2ccccc2)S3)c2c1SCSCS2.Cc1sc(-c2sc(C)c3c2SCSCS3)c2c1SCCS2.Cc1sc(C)c2[se]c(=S)[se]c12.Cc1sc(C)c2sc(=S)sc12.Cc1sc(C)c2sc(=[Se])sc12. The maximum absolute atomic E-state index is 5.26. The van der Waals surface area contributed by atoms with Gasteiger partial charge in [-0.25, -0.2) is 0 Å². The number of thiophene rings is 11. The second-order valence-corrected chi connectivity index (χ2v) is 80.7. The van der Waals surface area contributed by atoms with Crippen LogP contribution in [0.2, 0.25) is 0 Å². The van der Waals surface area contributed by atoms with E-state index in [2.05, 4.69) is 328 Å². The van der Waals surface area contributed by atoms with Gasteiger partial charge in [0.2, 0.25) is 0 Å². The van der Waals surface area contributed by atoms with Crippen molar-refractivity contribution >= 4 is 490 Å². The summed E-state index contributed by atoms with van der Waals surface area (Å²) in [7, 11) is 0. The quantitative estimate of drug-likeness (QED) is 0.114. The van der Waals surface area contributed by atoms with Crippen LogP contribution in [-0.2, 0) is 0 Å². The van der Waals surface area contributed by atoms with Gasteiger partial charge in [0.25, 0.3) is 0 Å². The van der Waals surface area contributed by atoms with Crippen LogP contribution in [0.3, 0.4) is 0 Å². The summed E-state index contributed by atoms with van der Waals surface area (Å²) in [6, 6.07) is 10.8. The Morgan fingerprint density at radius 2 is 0.592 bits per heavy atom. The summed E-state index contributed by atoms with van der Waals surface area (Å²) in [6.07, 6.45) is 0. The van der Waals surface area contributed by atoms with Crippen molar-refractivity contribution in [3.63, 3.8) is 0 Å². The first-order valence-corrected chi connectivity index (χ1v) is 75.2. The van der Waals surface area contributed by atoms with Gasteiger partial charge in [0.1, 0.15) is 3.14 Å². The van der Waals surface area contributed by atoms with Crippen LogP contribution < -0.4 is 0 Å². The molecule has 125 heavy (non-hydrogen) atoms. The van der Waals surface area contributed by atoms with E-state index in [-0.39, 0.29) is 0 Å². The van der Waals surface area contributed by atoms with Crippen molar-refractivity contribution in [2.24, 2.45) is 0 Å². The van der Waals surface area contributed by atoms with E-state index < -0.39 is 0 Å². The van der Waals surface area contributed by atoms with E-state index in [1.165, 1.54) is 178 Å². The first kappa shape index (κ1) is 102. The molecule has 662 valence electrons. The van der Waals surface area contributed by atoms with Crippen LogP contribution in [0.25, 0.3) is 66.3 Å². The first-order valence-electron chi connectivity index (χ1n) is 39.4. The van der Waals surface area contributed by atoms with Crippen LogP contribution in [0.15, 0.2) is 114 Å². The Bertz CT molecular complexity index is 6220. The number of rotatable bonds is 6. The Kier molecular flexibility index (Phi) is 37.5. The monoisotopic (exact) mass is 2510 g/mol. The predicted molar refractivity (Wildman–Crippen MR) is 630 cm³/mol. The molecule has 8 aliphatic rings. The number of aryl methyl sites for hydroxylation is 14. The molecule has 23 rings (SSSR count). The number of hydrogen-bond donors (Lipinski definition) is 0. The standard InChI is InChI=1S/C20H18S8.C16H18S6.C15H16S6.C14H14S7.C7H6S4.C7H6S3Se.C7H6S2Se2/c1-11-15-17(24-10-21-9-23-15)19(25-11)20-18-16(12(2)26-20)28-14(8-22-18)27-13-6-4-3-5-7-13;1-7-8(2)20-14-12(19-7)10(4)22-16(14)15-13-11(9(3)21-15)17-5-6-18-13;1-7-6-18-11-9(3)21-15(13(11)19-7)14-12-10(8(2)20-14)16-4-5-17-12;1-7-9-11(17-4-3-16-9)13(20-7)14-12-10(8(2)21-14)18-5-15-6-19-12;1-3-5-6(4(2)9-3)11-7(8)10-5;1-3-5-6(4(2)8-3)10-7(11)9-5;1-3-5-6(4(2)9-3)11-7(8)10-5/h3-7,14H,8-10H2,1-2H3;7-8H,5-6H2,1-4H3;7H,4-6H2,1-3H3;3-6H2,1-2H3;3*1-2H3. The summed E-state index contributed by atoms with van der Waals surface area (Å²) >= 11 is 82.8. The van der Waals surface area contributed by atoms with Gasteiger partial charge in [-0.05, 0) is 81.4 Å². The average molecular weight is 2510 g/mol. The fourth-order valence-electron chi connectivity index (χ4n) is 14.1. The van der Waals surface area contributed by atoms with Crippen molar-refractivity contribution in [2.75, 3.05) is 66.4 Å². The molecule has 4 unspecified atom stereocenters. The first-order chi connectivity index (χ1) is 60.2. The number of hydrogen-bond acceptors (Lipinski definition) is 36. The summed E-state index contributed by atoms with van der Waals surface area (Å²) in [5.74, 6) is 9.97. The van der Waals surface area contributed by atoms with Gasteiger partial charge >= 0.3 is 172 Å². The molecule has 0 aliphatic carbocycles. The van der Waals surface area contributed by atoms with Crippen LogP contribution in [-0.4, -0.2) is 131 Å². The Morgan fingerprint density at radius 1 is 0.296 bits per heavy atom. The minimum atomic E-state index is 0.541. The van der Waals surface area contributed by atoms with Crippen LogP contribution in [0.1, 0.15) is 89.1 Å². The van der Waals surface area contributed by atoms with Gasteiger partial charge in [0.05, 0.1) is 53.0 Å². The van der Waals surface area contributed by atoms with Gasteiger partial charge in [-0.3, -0.25) is 0 Å². The van der Waals surface area contributed by atoms with Crippen molar-refractivity contribution in [1.29, 1.82) is 0 Å².